The van der Waals surface area contributed by atoms with Crippen LogP contribution in [0.3, 0.4) is 0 Å². The molecule has 1 saturated heterocycles. The molecular formula is C24H27FN2O5. The molecule has 3 N–H and O–H groups in total. The number of carbonyl (C=O) groups excluding carboxylic acids is 1. The Kier molecular flexibility index (Phi) is 6.62. The number of H-pyrrole nitrogens is 1. The number of ketones is 1. The van der Waals surface area contributed by atoms with Crippen molar-refractivity contribution in [2.45, 2.75) is 18.9 Å². The molecule has 32 heavy (non-hydrogen) atoms. The molecule has 2 atom stereocenters. The Hall–Kier alpha value is -3.10. The topological polar surface area (TPSA) is 92.8 Å². The van der Waals surface area contributed by atoms with Gasteiger partial charge in [-0.15, -0.1) is 0 Å². The van der Waals surface area contributed by atoms with Crippen LogP contribution in [0, 0.1) is 11.7 Å². The molecular weight excluding hydrogens is 415 g/mol. The molecule has 8 heteroatoms. The third kappa shape index (κ3) is 4.42. The smallest absolute Gasteiger partial charge is 0.187 e. The fourth-order valence-electron chi connectivity index (χ4n) is 4.24. The molecule has 0 radical (unpaired) electrons. The molecule has 3 aromatic rings. The molecule has 0 saturated carbocycles. The lowest BCUT2D eigenvalue weighted by Gasteiger charge is -2.24. The van der Waals surface area contributed by atoms with E-state index >= 15 is 0 Å². The van der Waals surface area contributed by atoms with Crippen molar-refractivity contribution >= 4 is 22.4 Å². The van der Waals surface area contributed by atoms with Gasteiger partial charge in [-0.25, -0.2) is 4.39 Å². The van der Waals surface area contributed by atoms with Gasteiger partial charge in [0.1, 0.15) is 17.3 Å². The first-order chi connectivity index (χ1) is 15.5. The number of carbonyl (C=O) groups is 1. The van der Waals surface area contributed by atoms with E-state index in [4.69, 9.17) is 14.2 Å². The number of methoxy groups -OCH3 is 2. The normalized spacial score (nSPS) is 16.8. The summed E-state index contributed by atoms with van der Waals surface area (Å²) in [5.74, 6) is 0.553. The second-order valence-electron chi connectivity index (χ2n) is 7.87. The van der Waals surface area contributed by atoms with Gasteiger partial charge < -0.3 is 29.6 Å². The molecule has 0 amide bonds. The summed E-state index contributed by atoms with van der Waals surface area (Å²) >= 11 is 0. The van der Waals surface area contributed by atoms with E-state index in [-0.39, 0.29) is 18.3 Å². The highest BCUT2D eigenvalue weighted by atomic mass is 19.1. The Morgan fingerprint density at radius 3 is 2.62 bits per heavy atom. The molecule has 1 aliphatic heterocycles. The lowest BCUT2D eigenvalue weighted by Crippen LogP contribution is -2.37. The molecule has 1 fully saturated rings. The largest absolute Gasteiger partial charge is 0.497 e. The van der Waals surface area contributed by atoms with Crippen molar-refractivity contribution in [2.24, 2.45) is 5.92 Å². The minimum atomic E-state index is -0.585. The summed E-state index contributed by atoms with van der Waals surface area (Å²) in [7, 11) is 3.13. The number of ether oxygens (including phenoxy) is 3. The summed E-state index contributed by atoms with van der Waals surface area (Å²) < 4.78 is 30.5. The maximum atomic E-state index is 14.3. The number of aromatic nitrogens is 1. The summed E-state index contributed by atoms with van der Waals surface area (Å²) in [6, 6.07) is 7.51. The number of fused-ring (bicyclic) bond motifs is 1. The Morgan fingerprint density at radius 2 is 2.00 bits per heavy atom. The van der Waals surface area contributed by atoms with Crippen LogP contribution >= 0.6 is 0 Å². The van der Waals surface area contributed by atoms with Crippen LogP contribution in [-0.4, -0.2) is 56.0 Å². The van der Waals surface area contributed by atoms with Crippen LogP contribution in [0.25, 0.3) is 10.9 Å². The quantitative estimate of drug-likeness (QED) is 0.439. The summed E-state index contributed by atoms with van der Waals surface area (Å²) in [4.78, 5) is 16.8. The molecule has 1 aliphatic rings. The number of halogens is 1. The van der Waals surface area contributed by atoms with E-state index < -0.39 is 11.9 Å². The van der Waals surface area contributed by atoms with Crippen molar-refractivity contribution in [3.05, 3.63) is 53.5 Å². The van der Waals surface area contributed by atoms with Crippen LogP contribution in [0.4, 0.5) is 10.1 Å². The molecule has 170 valence electrons. The second kappa shape index (κ2) is 9.58. The molecule has 2 aromatic carbocycles. The first-order valence-corrected chi connectivity index (χ1v) is 10.6. The van der Waals surface area contributed by atoms with Gasteiger partial charge in [-0.2, -0.15) is 0 Å². The molecule has 0 spiro atoms. The average molecular weight is 442 g/mol. The van der Waals surface area contributed by atoms with Gasteiger partial charge in [-0.1, -0.05) is 0 Å². The number of rotatable bonds is 9. The fourth-order valence-corrected chi connectivity index (χ4v) is 4.24. The van der Waals surface area contributed by atoms with Crippen LogP contribution in [-0.2, 0) is 11.2 Å². The third-order valence-electron chi connectivity index (χ3n) is 5.87. The molecule has 2 unspecified atom stereocenters. The lowest BCUT2D eigenvalue weighted by atomic mass is 9.90. The molecule has 1 aromatic heterocycles. The van der Waals surface area contributed by atoms with Crippen LogP contribution in [0.15, 0.2) is 36.5 Å². The zero-order chi connectivity index (χ0) is 22.7. The van der Waals surface area contributed by atoms with Crippen molar-refractivity contribution in [1.29, 1.82) is 0 Å². The highest BCUT2D eigenvalue weighted by molar-refractivity contribution is 6.11. The van der Waals surface area contributed by atoms with Gasteiger partial charge in [0.2, 0.25) is 0 Å². The molecule has 0 aliphatic carbocycles. The first-order valence-electron chi connectivity index (χ1n) is 10.6. The number of benzene rings is 2. The maximum Gasteiger partial charge on any atom is 0.187 e. The number of nitrogens with one attached hydrogen (secondary N) is 2. The number of aliphatic hydroxyl groups is 1. The second-order valence-corrected chi connectivity index (χ2v) is 7.87. The molecule has 2 heterocycles. The van der Waals surface area contributed by atoms with E-state index in [9.17, 15) is 14.3 Å². The highest BCUT2D eigenvalue weighted by Gasteiger charge is 2.33. The zero-order valence-electron chi connectivity index (χ0n) is 18.1. The summed E-state index contributed by atoms with van der Waals surface area (Å²) in [5.41, 5.74) is 2.37. The molecule has 4 rings (SSSR count). The highest BCUT2D eigenvalue weighted by Crippen LogP contribution is 2.31. The average Bonchev–Trinajstić information content (AvgIpc) is 3.47. The molecule has 0 bridgehead atoms. The summed E-state index contributed by atoms with van der Waals surface area (Å²) in [6.45, 7) is 0.930. The van der Waals surface area contributed by atoms with Crippen molar-refractivity contribution in [3.8, 4) is 11.5 Å². The Balaban J connectivity index is 1.72. The van der Waals surface area contributed by atoms with Gasteiger partial charge >= 0.3 is 0 Å². The Bertz CT molecular complexity index is 1080. The summed E-state index contributed by atoms with van der Waals surface area (Å²) in [6.07, 6.45) is 2.64. The van der Waals surface area contributed by atoms with Crippen LogP contribution in [0.5, 0.6) is 11.5 Å². The maximum absolute atomic E-state index is 14.3. The fraction of sp³-hybridized carbons (Fsp3) is 0.375. The van der Waals surface area contributed by atoms with E-state index in [0.29, 0.717) is 58.9 Å². The van der Waals surface area contributed by atoms with E-state index in [1.165, 1.54) is 12.1 Å². The zero-order valence-corrected chi connectivity index (χ0v) is 18.1. The van der Waals surface area contributed by atoms with Crippen LogP contribution < -0.4 is 14.8 Å². The standard InChI is InChI=1S/C24H27FN2O5/c1-30-18-9-17(10-19(11-18)31-2)27-23(15-4-6-32-13-15)24(29)21-12-26-22-14(3-5-28)7-16(25)8-20(21)22/h7-12,15,23,26-28H,3-6,13H2,1-2H3. The van der Waals surface area contributed by atoms with E-state index in [2.05, 4.69) is 10.3 Å². The Morgan fingerprint density at radius 1 is 1.25 bits per heavy atom. The number of aromatic amines is 1. The van der Waals surface area contributed by atoms with Crippen molar-refractivity contribution in [1.82, 2.24) is 4.98 Å². The third-order valence-corrected chi connectivity index (χ3v) is 5.87. The first kappa shape index (κ1) is 22.1. The van der Waals surface area contributed by atoms with Gasteiger partial charge in [0.25, 0.3) is 0 Å². The van der Waals surface area contributed by atoms with E-state index in [1.54, 1.807) is 38.6 Å². The van der Waals surface area contributed by atoms with E-state index in [1.807, 2.05) is 0 Å². The van der Waals surface area contributed by atoms with Gasteiger partial charge in [0, 0.05) is 65.7 Å². The van der Waals surface area contributed by atoms with Crippen molar-refractivity contribution in [3.63, 3.8) is 0 Å². The lowest BCUT2D eigenvalue weighted by molar-refractivity contribution is 0.0934. The van der Waals surface area contributed by atoms with E-state index in [0.717, 1.165) is 6.42 Å². The summed E-state index contributed by atoms with van der Waals surface area (Å²) in [5, 5.41) is 13.2. The minimum absolute atomic E-state index is 0.0462. The van der Waals surface area contributed by atoms with Crippen molar-refractivity contribution in [2.75, 3.05) is 39.4 Å². The SMILES string of the molecule is COc1cc(NC(C(=O)c2c[nH]c3c(CCO)cc(F)cc23)C2CCOC2)cc(OC)c1. The minimum Gasteiger partial charge on any atom is -0.497 e. The number of Topliss-reactive ketones (excluding diaryl/α,β-unsaturated/α-hetero) is 1. The van der Waals surface area contributed by atoms with Gasteiger partial charge in [-0.3, -0.25) is 4.79 Å². The van der Waals surface area contributed by atoms with Gasteiger partial charge in [0.15, 0.2) is 5.78 Å². The number of hydrogen-bond acceptors (Lipinski definition) is 6. The van der Waals surface area contributed by atoms with Crippen molar-refractivity contribution < 1.29 is 28.5 Å². The van der Waals surface area contributed by atoms with Gasteiger partial charge in [-0.05, 0) is 30.5 Å². The monoisotopic (exact) mass is 442 g/mol. The number of aliphatic hydroxyl groups excluding tert-OH is 1. The number of hydrogen-bond donors (Lipinski definition) is 3. The van der Waals surface area contributed by atoms with Crippen LogP contribution in [0.1, 0.15) is 22.3 Å². The predicted octanol–water partition coefficient (Wildman–Crippen LogP) is 3.56. The Labute approximate surface area is 185 Å². The van der Waals surface area contributed by atoms with Gasteiger partial charge in [0.05, 0.1) is 26.9 Å². The molecule has 7 nitrogen and oxygen atoms in total. The predicted molar refractivity (Wildman–Crippen MR) is 119 cm³/mol. The van der Waals surface area contributed by atoms with Crippen LogP contribution in [0.2, 0.25) is 0 Å². The number of anilines is 1.